The molecular formula is C34H22KN7O10. The molecule has 4 aromatic rings. The van der Waals surface area contributed by atoms with Crippen LogP contribution in [0, 0.1) is 0 Å². The zero-order chi connectivity index (χ0) is 35.8. The van der Waals surface area contributed by atoms with Crippen molar-refractivity contribution in [2.24, 2.45) is 0 Å². The van der Waals surface area contributed by atoms with Crippen LogP contribution in [0.3, 0.4) is 0 Å². The number of ether oxygens (including phenoxy) is 2. The Morgan fingerprint density at radius 3 is 2.08 bits per heavy atom. The van der Waals surface area contributed by atoms with Crippen LogP contribution < -0.4 is 98.1 Å². The fourth-order valence-corrected chi connectivity index (χ4v) is 5.38. The van der Waals surface area contributed by atoms with Crippen LogP contribution in [0.5, 0.6) is 17.4 Å². The molecule has 0 spiro atoms. The molecule has 5 heterocycles. The van der Waals surface area contributed by atoms with Crippen molar-refractivity contribution in [3.63, 3.8) is 0 Å². The Kier molecular flexibility index (Phi) is 10.2. The number of H-pyrrole nitrogens is 1. The molecule has 3 aliphatic heterocycles. The minimum atomic E-state index is -1.02. The van der Waals surface area contributed by atoms with Gasteiger partial charge in [-0.25, -0.2) is 19.1 Å². The SMILES string of the molecule is O=C1COc2ccc(N3C(=O)NC(=O)C(=CC=C(C=Cc4c([O-])[nH]c(=O)n(-c5ccc6c(c5)NC(=O)CO6)c4=O)c4ccncc4)C3=O)cc2N1.[K+]. The van der Waals surface area contributed by atoms with E-state index in [2.05, 4.69) is 25.9 Å². The first-order valence-corrected chi connectivity index (χ1v) is 15.0. The van der Waals surface area contributed by atoms with Crippen LogP contribution in [-0.2, 0) is 19.2 Å². The Bertz CT molecular complexity index is 2420. The van der Waals surface area contributed by atoms with E-state index < -0.39 is 57.9 Å². The van der Waals surface area contributed by atoms with Crippen LogP contribution >= 0.6 is 0 Å². The molecule has 6 amide bonds. The molecule has 4 N–H and O–H groups in total. The number of hydrogen-bond acceptors (Lipinski definition) is 11. The molecule has 0 aliphatic carbocycles. The zero-order valence-electron chi connectivity index (χ0n) is 26.9. The number of carbonyl (C=O) groups excluding carboxylic acids is 5. The third kappa shape index (κ3) is 7.00. The summed E-state index contributed by atoms with van der Waals surface area (Å²) in [7, 11) is 0. The fraction of sp³-hybridized carbons (Fsp3) is 0.0588. The smallest absolute Gasteiger partial charge is 0.860 e. The van der Waals surface area contributed by atoms with Gasteiger partial charge in [0, 0.05) is 18.0 Å². The summed E-state index contributed by atoms with van der Waals surface area (Å²) >= 11 is 0. The first kappa shape index (κ1) is 35.9. The molecule has 52 heavy (non-hydrogen) atoms. The summed E-state index contributed by atoms with van der Waals surface area (Å²) in [6.45, 7) is -0.394. The molecule has 254 valence electrons. The molecular weight excluding hydrogens is 706 g/mol. The average molecular weight is 728 g/mol. The number of rotatable bonds is 6. The van der Waals surface area contributed by atoms with E-state index in [1.165, 1.54) is 60.9 Å². The predicted molar refractivity (Wildman–Crippen MR) is 177 cm³/mol. The topological polar surface area (TPSA) is 234 Å². The van der Waals surface area contributed by atoms with Crippen LogP contribution in [-0.4, -0.2) is 57.4 Å². The van der Waals surface area contributed by atoms with Gasteiger partial charge >= 0.3 is 63.1 Å². The second-order valence-corrected chi connectivity index (χ2v) is 11.0. The Balaban J connectivity index is 0.00000464. The molecule has 0 unspecified atom stereocenters. The number of amides is 6. The van der Waals surface area contributed by atoms with E-state index in [9.17, 15) is 38.7 Å². The number of aromatic amines is 1. The summed E-state index contributed by atoms with van der Waals surface area (Å²) in [5.74, 6) is -3.15. The van der Waals surface area contributed by atoms with Gasteiger partial charge in [0.25, 0.3) is 29.2 Å². The van der Waals surface area contributed by atoms with Gasteiger partial charge in [0.1, 0.15) is 17.1 Å². The number of hydrogen-bond donors (Lipinski definition) is 4. The van der Waals surface area contributed by atoms with Crippen molar-refractivity contribution in [3.05, 3.63) is 117 Å². The van der Waals surface area contributed by atoms with E-state index in [-0.39, 0.29) is 92.9 Å². The average Bonchev–Trinajstić information content (AvgIpc) is 3.10. The molecule has 0 radical (unpaired) electrons. The third-order valence-electron chi connectivity index (χ3n) is 7.78. The number of allylic oxidation sites excluding steroid dienone is 4. The Morgan fingerprint density at radius 2 is 1.42 bits per heavy atom. The normalized spacial score (nSPS) is 16.2. The Labute approximate surface area is 334 Å². The van der Waals surface area contributed by atoms with E-state index >= 15 is 0 Å². The number of fused-ring (bicyclic) bond motifs is 2. The minimum Gasteiger partial charge on any atom is -0.860 e. The van der Waals surface area contributed by atoms with Gasteiger partial charge < -0.3 is 30.2 Å². The van der Waals surface area contributed by atoms with Gasteiger partial charge in [-0.05, 0) is 77.7 Å². The maximum atomic E-state index is 13.6. The summed E-state index contributed by atoms with van der Waals surface area (Å²) in [6, 6.07) is 10.6. The Morgan fingerprint density at radius 1 is 0.808 bits per heavy atom. The second-order valence-electron chi connectivity index (χ2n) is 11.0. The number of nitrogens with one attached hydrogen (secondary N) is 4. The molecule has 0 bridgehead atoms. The van der Waals surface area contributed by atoms with E-state index in [1.54, 1.807) is 12.1 Å². The van der Waals surface area contributed by atoms with Gasteiger partial charge in [0.15, 0.2) is 13.2 Å². The largest absolute Gasteiger partial charge is 1.00 e. The van der Waals surface area contributed by atoms with E-state index in [0.29, 0.717) is 17.1 Å². The number of carbonyl (C=O) groups is 5. The molecule has 0 saturated carbocycles. The maximum Gasteiger partial charge on any atom is 1.00 e. The van der Waals surface area contributed by atoms with Crippen molar-refractivity contribution >= 4 is 58.4 Å². The molecule has 7 rings (SSSR count). The number of aromatic nitrogens is 3. The van der Waals surface area contributed by atoms with Crippen molar-refractivity contribution in [2.45, 2.75) is 0 Å². The number of barbiturate groups is 1. The van der Waals surface area contributed by atoms with Gasteiger partial charge in [-0.3, -0.25) is 34.3 Å². The van der Waals surface area contributed by atoms with E-state index in [4.69, 9.17) is 9.47 Å². The van der Waals surface area contributed by atoms with E-state index in [1.807, 2.05) is 0 Å². The number of benzene rings is 2. The predicted octanol–water partition coefficient (Wildman–Crippen LogP) is -2.03. The maximum absolute atomic E-state index is 13.6. The van der Waals surface area contributed by atoms with Crippen molar-refractivity contribution < 1.29 is 89.9 Å². The molecule has 1 fully saturated rings. The summed E-state index contributed by atoms with van der Waals surface area (Å²) in [5, 5.41) is 20.2. The zero-order valence-corrected chi connectivity index (χ0v) is 30.0. The van der Waals surface area contributed by atoms with Crippen molar-refractivity contribution in [2.75, 3.05) is 28.7 Å². The number of nitrogens with zero attached hydrogens (tertiary/aromatic N) is 3. The monoisotopic (exact) mass is 727 g/mol. The summed E-state index contributed by atoms with van der Waals surface area (Å²) in [5.41, 5.74) is -1.55. The number of anilines is 3. The Hall–Kier alpha value is -5.92. The molecule has 2 aromatic heterocycles. The number of imide groups is 2. The fourth-order valence-electron chi connectivity index (χ4n) is 5.38. The van der Waals surface area contributed by atoms with Gasteiger partial charge in [0.2, 0.25) is 0 Å². The van der Waals surface area contributed by atoms with Crippen molar-refractivity contribution in [1.82, 2.24) is 19.9 Å². The molecule has 2 aromatic carbocycles. The van der Waals surface area contributed by atoms with Crippen LogP contribution in [0.25, 0.3) is 17.3 Å². The quantitative estimate of drug-likeness (QED) is 0.0732. The van der Waals surface area contributed by atoms with Crippen LogP contribution in [0.2, 0.25) is 0 Å². The summed E-state index contributed by atoms with van der Waals surface area (Å²) in [4.78, 5) is 96.0. The number of urea groups is 1. The first-order chi connectivity index (χ1) is 24.6. The molecule has 18 heteroatoms. The van der Waals surface area contributed by atoms with Crippen molar-refractivity contribution in [3.8, 4) is 23.1 Å². The standard InChI is InChI=1S/C34H23N7O10.K/c42-27-15-50-25-7-3-19(13-23(25)36-27)40-31(46)21(29(44)38-33(40)48)5-1-17(18-9-11-35-12-10-18)2-6-22-30(45)39-34(49)41(32(22)47)20-4-8-26-24(14-20)37-28(43)16-51-26;/h1-14,44H,15-16H2,(H,36,42)(H,37,43)(H,38,48)(H,39,45,49);/q;+1/p-1. The molecule has 17 nitrogen and oxygen atoms in total. The summed E-state index contributed by atoms with van der Waals surface area (Å²) < 4.78 is 11.4. The van der Waals surface area contributed by atoms with E-state index in [0.717, 1.165) is 21.6 Å². The molecule has 3 aliphatic rings. The van der Waals surface area contributed by atoms with Crippen LogP contribution in [0.1, 0.15) is 11.1 Å². The summed E-state index contributed by atoms with van der Waals surface area (Å²) in [6.07, 6.45) is 7.96. The van der Waals surface area contributed by atoms with Crippen molar-refractivity contribution in [1.29, 1.82) is 0 Å². The minimum absolute atomic E-state index is 0. The van der Waals surface area contributed by atoms with Gasteiger partial charge in [-0.15, -0.1) is 0 Å². The van der Waals surface area contributed by atoms with Gasteiger partial charge in [-0.2, -0.15) is 0 Å². The first-order valence-electron chi connectivity index (χ1n) is 15.0. The van der Waals surface area contributed by atoms with Crippen LogP contribution in [0.15, 0.2) is 94.3 Å². The van der Waals surface area contributed by atoms with Gasteiger partial charge in [0.05, 0.1) is 22.7 Å². The second kappa shape index (κ2) is 14.7. The van der Waals surface area contributed by atoms with Gasteiger partial charge in [-0.1, -0.05) is 12.2 Å². The molecule has 1 saturated heterocycles. The number of pyridine rings is 1. The molecule has 0 atom stereocenters. The third-order valence-corrected chi connectivity index (χ3v) is 7.78. The van der Waals surface area contributed by atoms with Crippen LogP contribution in [0.4, 0.5) is 21.9 Å².